The van der Waals surface area contributed by atoms with Crippen LogP contribution in [0.5, 0.6) is 0 Å². The van der Waals surface area contributed by atoms with Crippen LogP contribution in [0, 0.1) is 33.5 Å². The third-order valence-electron chi connectivity index (χ3n) is 15.9. The molecule has 2 spiro atoms. The van der Waals surface area contributed by atoms with E-state index in [0.29, 0.717) is 50.4 Å². The average Bonchev–Trinajstić information content (AvgIpc) is 3.59. The highest BCUT2D eigenvalue weighted by atomic mass is 32.2. The fourth-order valence-corrected chi connectivity index (χ4v) is 13.2. The molecule has 0 bridgehead atoms. The minimum Gasteiger partial charge on any atom is -0.455 e. The molecule has 2 saturated heterocycles. The van der Waals surface area contributed by atoms with Crippen molar-refractivity contribution in [3.05, 3.63) is 55.3 Å². The van der Waals surface area contributed by atoms with E-state index in [1.165, 1.54) is 4.31 Å². The first-order chi connectivity index (χ1) is 28.3. The molecule has 1 aromatic heterocycles. The van der Waals surface area contributed by atoms with E-state index in [9.17, 15) is 22.8 Å². The van der Waals surface area contributed by atoms with E-state index >= 15 is 4.79 Å². The van der Waals surface area contributed by atoms with Gasteiger partial charge < -0.3 is 25.3 Å². The number of benzene rings is 1. The van der Waals surface area contributed by atoms with E-state index in [1.807, 2.05) is 51.1 Å². The molecular weight excluding hydrogens is 781 g/mol. The van der Waals surface area contributed by atoms with Crippen LogP contribution in [0.15, 0.2) is 54.0 Å². The topological polar surface area (TPSA) is 170 Å². The maximum atomic E-state index is 15.3. The monoisotopic (exact) mass is 844 g/mol. The fourth-order valence-electron chi connectivity index (χ4n) is 11.9. The zero-order valence-corrected chi connectivity index (χ0v) is 36.8. The Balaban J connectivity index is 1.06. The normalized spacial score (nSPS) is 29.4. The van der Waals surface area contributed by atoms with Crippen molar-refractivity contribution in [3.63, 3.8) is 0 Å². The maximum absolute atomic E-state index is 15.3. The highest BCUT2D eigenvalue weighted by molar-refractivity contribution is 7.87. The molecule has 3 heterocycles. The molecule has 8 rings (SSSR count). The van der Waals surface area contributed by atoms with Crippen molar-refractivity contribution in [1.82, 2.24) is 29.9 Å². The summed E-state index contributed by atoms with van der Waals surface area (Å²) in [4.78, 5) is 60.3. The molecule has 4 saturated carbocycles. The van der Waals surface area contributed by atoms with Crippen molar-refractivity contribution in [3.8, 4) is 0 Å². The van der Waals surface area contributed by atoms with Crippen LogP contribution in [-0.4, -0.2) is 84.6 Å². The highest BCUT2D eigenvalue weighted by Gasteiger charge is 2.85. The molecule has 4 amide bonds. The van der Waals surface area contributed by atoms with Crippen LogP contribution in [-0.2, 0) is 29.4 Å². The summed E-state index contributed by atoms with van der Waals surface area (Å²) in [5.41, 5.74) is -1.53. The lowest BCUT2D eigenvalue weighted by Gasteiger charge is -2.38. The van der Waals surface area contributed by atoms with E-state index in [1.54, 1.807) is 11.0 Å². The van der Waals surface area contributed by atoms with Gasteiger partial charge in [-0.1, -0.05) is 91.2 Å². The number of carbonyl (C=O) groups is 4. The molecule has 14 heteroatoms. The number of rotatable bonds is 13. The molecule has 6 atom stereocenters. The van der Waals surface area contributed by atoms with Gasteiger partial charge in [-0.05, 0) is 85.7 Å². The van der Waals surface area contributed by atoms with Crippen LogP contribution in [0.2, 0.25) is 0 Å². The third kappa shape index (κ3) is 6.87. The lowest BCUT2D eigenvalue weighted by Crippen LogP contribution is -2.62. The minimum absolute atomic E-state index is 0.00267. The molecular formula is C46H64N6O7S. The highest BCUT2D eigenvalue weighted by Crippen LogP contribution is 2.88. The Morgan fingerprint density at radius 1 is 0.933 bits per heavy atom. The summed E-state index contributed by atoms with van der Waals surface area (Å²) in [6.45, 7) is 19.4. The first-order valence-corrected chi connectivity index (χ1v) is 23.6. The van der Waals surface area contributed by atoms with Crippen molar-refractivity contribution in [1.29, 1.82) is 0 Å². The Labute approximate surface area is 355 Å². The Morgan fingerprint density at radius 3 is 2.20 bits per heavy atom. The summed E-state index contributed by atoms with van der Waals surface area (Å²) in [7, 11) is -4.11. The quantitative estimate of drug-likeness (QED) is 0.184. The van der Waals surface area contributed by atoms with E-state index in [4.69, 9.17) is 4.42 Å². The van der Waals surface area contributed by atoms with E-state index in [-0.39, 0.29) is 40.4 Å². The number of carbonyl (C=O) groups excluding carboxylic acids is 4. The van der Waals surface area contributed by atoms with E-state index in [0.717, 1.165) is 62.3 Å². The van der Waals surface area contributed by atoms with Gasteiger partial charge in [-0.3, -0.25) is 19.2 Å². The molecule has 326 valence electrons. The summed E-state index contributed by atoms with van der Waals surface area (Å²) >= 11 is 0. The van der Waals surface area contributed by atoms with Gasteiger partial charge in [-0.25, -0.2) is 4.72 Å². The molecule has 13 nitrogen and oxygen atoms in total. The van der Waals surface area contributed by atoms with Crippen molar-refractivity contribution in [2.24, 2.45) is 33.5 Å². The first kappa shape index (κ1) is 42.5. The van der Waals surface area contributed by atoms with Gasteiger partial charge in [0.25, 0.3) is 5.91 Å². The third-order valence-corrected chi connectivity index (χ3v) is 17.4. The number of likely N-dealkylation sites (tertiary alicyclic amines) is 1. The standard InChI is InChI=1S/C46H64N6O7S/c1-8-32-26-46(32,41(56)50-60(57,58)51-23-14-15-24-51)49-38(53)33-27-45(43(6,7)44(45)21-16-22-44)28-52(33)40(55)37(42(3,4)5)48-39(54)36(30-17-10-9-11-18-30)47-29(2)35-25-31-19-12-13-20-34(31)59-35/h8,12-13,19-20,25,30,32-33,36-37,47H,1-2,9-11,14-18,21-24,26-28H2,3-7H3,(H,48,54)(H,49,53)(H,50,56)/t32-,33+,36+,37-,45-,46-/m1/s1. The van der Waals surface area contributed by atoms with E-state index < -0.39 is 57.0 Å². The van der Waals surface area contributed by atoms with Gasteiger partial charge in [0.2, 0.25) is 17.7 Å². The summed E-state index contributed by atoms with van der Waals surface area (Å²) in [6, 6.07) is 6.98. The van der Waals surface area contributed by atoms with Crippen LogP contribution < -0.4 is 20.7 Å². The number of fused-ring (bicyclic) bond motifs is 2. The predicted octanol–water partition coefficient (Wildman–Crippen LogP) is 5.79. The molecule has 1 aromatic carbocycles. The summed E-state index contributed by atoms with van der Waals surface area (Å²) in [6.07, 6.45) is 11.5. The first-order valence-electron chi connectivity index (χ1n) is 22.1. The molecule has 2 aromatic rings. The average molecular weight is 845 g/mol. The number of hydrogen-bond donors (Lipinski definition) is 4. The predicted molar refractivity (Wildman–Crippen MR) is 230 cm³/mol. The molecule has 2 aliphatic heterocycles. The summed E-state index contributed by atoms with van der Waals surface area (Å²) in [5.74, 6) is -1.91. The lowest BCUT2D eigenvalue weighted by atomic mass is 9.73. The number of furan rings is 1. The number of nitrogens with one attached hydrogen (secondary N) is 4. The molecule has 0 radical (unpaired) electrons. The molecule has 6 fully saturated rings. The van der Waals surface area contributed by atoms with Crippen LogP contribution in [0.1, 0.15) is 117 Å². The van der Waals surface area contributed by atoms with Gasteiger partial charge >= 0.3 is 10.2 Å². The minimum atomic E-state index is -4.11. The second-order valence-corrected chi connectivity index (χ2v) is 22.0. The maximum Gasteiger partial charge on any atom is 0.303 e. The molecule has 0 unspecified atom stereocenters. The Morgan fingerprint density at radius 2 is 1.62 bits per heavy atom. The Kier molecular flexibility index (Phi) is 10.6. The SMILES string of the molecule is C=C[C@@H]1C[C@]1(NC(=O)[C@@H]1C[C@@]2(CN1C(=O)[C@@H](NC(=O)[C@@H](NC(=C)c1cc3ccccc3o1)C1CCCCC1)C(C)(C)C)C(C)(C)C21CCC1)C(=O)NS(=O)(=O)N1CCCC1. The molecule has 4 aliphatic carbocycles. The van der Waals surface area contributed by atoms with Crippen LogP contribution >= 0.6 is 0 Å². The van der Waals surface area contributed by atoms with Gasteiger partial charge in [0, 0.05) is 36.4 Å². The number of nitrogens with zero attached hydrogens (tertiary/aromatic N) is 2. The van der Waals surface area contributed by atoms with Crippen molar-refractivity contribution in [2.75, 3.05) is 19.6 Å². The largest absolute Gasteiger partial charge is 0.455 e. The van der Waals surface area contributed by atoms with E-state index in [2.05, 4.69) is 47.7 Å². The summed E-state index contributed by atoms with van der Waals surface area (Å²) in [5, 5.41) is 10.5. The lowest BCUT2D eigenvalue weighted by molar-refractivity contribution is -0.145. The molecule has 4 N–H and O–H groups in total. The fraction of sp³-hybridized carbons (Fsp3) is 0.652. The molecule has 60 heavy (non-hydrogen) atoms. The van der Waals surface area contributed by atoms with Crippen LogP contribution in [0.3, 0.4) is 0 Å². The van der Waals surface area contributed by atoms with Crippen molar-refractivity contribution < 1.29 is 32.0 Å². The number of hydrogen-bond acceptors (Lipinski definition) is 8. The van der Waals surface area contributed by atoms with Gasteiger partial charge in [-0.2, -0.15) is 12.7 Å². The zero-order valence-electron chi connectivity index (χ0n) is 36.0. The van der Waals surface area contributed by atoms with Gasteiger partial charge in [-0.15, -0.1) is 6.58 Å². The summed E-state index contributed by atoms with van der Waals surface area (Å²) < 4.78 is 36.0. The van der Waals surface area contributed by atoms with Gasteiger partial charge in [0.1, 0.15) is 29.2 Å². The smallest absolute Gasteiger partial charge is 0.303 e. The molecule has 6 aliphatic rings. The Bertz CT molecular complexity index is 2160. The van der Waals surface area contributed by atoms with Gasteiger partial charge in [0.05, 0.1) is 5.70 Å². The Hall–Kier alpha value is -4.17. The van der Waals surface area contributed by atoms with Gasteiger partial charge in [0.15, 0.2) is 5.76 Å². The second kappa shape index (κ2) is 15.0. The van der Waals surface area contributed by atoms with Crippen molar-refractivity contribution in [2.45, 2.75) is 135 Å². The van der Waals surface area contributed by atoms with Crippen LogP contribution in [0.4, 0.5) is 0 Å². The van der Waals surface area contributed by atoms with Crippen LogP contribution in [0.25, 0.3) is 16.7 Å². The number of amides is 4. The van der Waals surface area contributed by atoms with Crippen molar-refractivity contribution >= 4 is 50.5 Å². The number of para-hydroxylation sites is 1. The zero-order chi connectivity index (χ0) is 43.0. The second-order valence-electron chi connectivity index (χ2n) is 20.3.